The maximum atomic E-state index is 12.8. The minimum Gasteiger partial charge on any atom is -0.349 e. The first-order chi connectivity index (χ1) is 15.0. The Kier molecular flexibility index (Phi) is 6.14. The van der Waals surface area contributed by atoms with E-state index in [1.807, 2.05) is 42.5 Å². The van der Waals surface area contributed by atoms with Crippen molar-refractivity contribution < 1.29 is 9.59 Å². The normalized spacial score (nSPS) is 14.9. The van der Waals surface area contributed by atoms with E-state index in [0.717, 1.165) is 47.8 Å². The number of amides is 2. The molecular weight excluding hydrogens is 386 g/mol. The van der Waals surface area contributed by atoms with E-state index in [1.165, 1.54) is 6.08 Å². The SMILES string of the molecule is C=CC(=O)Nc1cccc(-c2ccc3ccc(C(=O)NC4CCN(C)CC4)cc3c2)c1. The van der Waals surface area contributed by atoms with E-state index in [-0.39, 0.29) is 17.9 Å². The third kappa shape index (κ3) is 5.01. The van der Waals surface area contributed by atoms with Gasteiger partial charge in [0.1, 0.15) is 0 Å². The summed E-state index contributed by atoms with van der Waals surface area (Å²) in [6, 6.07) is 19.9. The number of carbonyl (C=O) groups excluding carboxylic acids is 2. The highest BCUT2D eigenvalue weighted by Crippen LogP contribution is 2.27. The molecule has 0 radical (unpaired) electrons. The second-order valence-corrected chi connectivity index (χ2v) is 8.10. The zero-order valence-corrected chi connectivity index (χ0v) is 17.7. The number of nitrogens with zero attached hydrogens (tertiary/aromatic N) is 1. The van der Waals surface area contributed by atoms with Gasteiger partial charge in [-0.2, -0.15) is 0 Å². The largest absolute Gasteiger partial charge is 0.349 e. The monoisotopic (exact) mass is 413 g/mol. The quantitative estimate of drug-likeness (QED) is 0.608. The van der Waals surface area contributed by atoms with E-state index < -0.39 is 0 Å². The van der Waals surface area contributed by atoms with Crippen molar-refractivity contribution in [1.29, 1.82) is 0 Å². The molecule has 1 saturated heterocycles. The number of piperidine rings is 1. The van der Waals surface area contributed by atoms with Gasteiger partial charge < -0.3 is 15.5 Å². The molecule has 1 heterocycles. The lowest BCUT2D eigenvalue weighted by Gasteiger charge is -2.29. The number of carbonyl (C=O) groups is 2. The van der Waals surface area contributed by atoms with Gasteiger partial charge in [-0.25, -0.2) is 0 Å². The van der Waals surface area contributed by atoms with Crippen molar-refractivity contribution in [2.24, 2.45) is 0 Å². The van der Waals surface area contributed by atoms with Gasteiger partial charge >= 0.3 is 0 Å². The summed E-state index contributed by atoms with van der Waals surface area (Å²) in [5.74, 6) is -0.257. The Bertz CT molecular complexity index is 1130. The number of fused-ring (bicyclic) bond motifs is 1. The number of nitrogens with one attached hydrogen (secondary N) is 2. The fourth-order valence-corrected chi connectivity index (χ4v) is 3.96. The summed E-state index contributed by atoms with van der Waals surface area (Å²) >= 11 is 0. The van der Waals surface area contributed by atoms with E-state index in [0.29, 0.717) is 11.3 Å². The molecule has 0 aromatic heterocycles. The number of anilines is 1. The van der Waals surface area contributed by atoms with Crippen LogP contribution in [-0.4, -0.2) is 42.9 Å². The van der Waals surface area contributed by atoms with Gasteiger partial charge in [-0.15, -0.1) is 0 Å². The summed E-state index contributed by atoms with van der Waals surface area (Å²) < 4.78 is 0. The smallest absolute Gasteiger partial charge is 0.251 e. The van der Waals surface area contributed by atoms with Crippen molar-refractivity contribution in [2.75, 3.05) is 25.5 Å². The molecule has 158 valence electrons. The molecule has 2 amide bonds. The molecule has 5 nitrogen and oxygen atoms in total. The highest BCUT2D eigenvalue weighted by molar-refractivity contribution is 6.00. The highest BCUT2D eigenvalue weighted by Gasteiger charge is 2.19. The molecule has 0 aliphatic carbocycles. The van der Waals surface area contributed by atoms with Crippen molar-refractivity contribution in [3.63, 3.8) is 0 Å². The van der Waals surface area contributed by atoms with Gasteiger partial charge in [0.25, 0.3) is 5.91 Å². The molecule has 0 unspecified atom stereocenters. The van der Waals surface area contributed by atoms with Gasteiger partial charge in [-0.1, -0.05) is 36.9 Å². The van der Waals surface area contributed by atoms with Crippen LogP contribution in [0.3, 0.4) is 0 Å². The number of hydrogen-bond acceptors (Lipinski definition) is 3. The lowest BCUT2D eigenvalue weighted by Crippen LogP contribution is -2.43. The molecule has 5 heteroatoms. The molecule has 2 N–H and O–H groups in total. The lowest BCUT2D eigenvalue weighted by molar-refractivity contribution is -0.111. The molecule has 0 saturated carbocycles. The first-order valence-corrected chi connectivity index (χ1v) is 10.6. The van der Waals surface area contributed by atoms with Crippen LogP contribution in [0.1, 0.15) is 23.2 Å². The first-order valence-electron chi connectivity index (χ1n) is 10.6. The second kappa shape index (κ2) is 9.14. The number of rotatable bonds is 5. The Hall–Kier alpha value is -3.44. The molecular formula is C26H27N3O2. The number of hydrogen-bond donors (Lipinski definition) is 2. The van der Waals surface area contributed by atoms with Gasteiger partial charge in [0, 0.05) is 17.3 Å². The summed E-state index contributed by atoms with van der Waals surface area (Å²) in [4.78, 5) is 26.7. The predicted octanol–water partition coefficient (Wildman–Crippen LogP) is 4.46. The predicted molar refractivity (Wildman–Crippen MR) is 126 cm³/mol. The maximum Gasteiger partial charge on any atom is 0.251 e. The molecule has 4 rings (SSSR count). The van der Waals surface area contributed by atoms with Crippen molar-refractivity contribution in [2.45, 2.75) is 18.9 Å². The van der Waals surface area contributed by atoms with Crippen LogP contribution in [0.2, 0.25) is 0 Å². The molecule has 0 bridgehead atoms. The second-order valence-electron chi connectivity index (χ2n) is 8.10. The van der Waals surface area contributed by atoms with Crippen molar-refractivity contribution >= 4 is 28.3 Å². The minimum absolute atomic E-state index is 0.0176. The molecule has 1 aliphatic heterocycles. The Morgan fingerprint density at radius 3 is 2.48 bits per heavy atom. The summed E-state index contributed by atoms with van der Waals surface area (Å²) in [6.45, 7) is 5.51. The standard InChI is InChI=1S/C26H27N3O2/c1-3-25(30)27-24-6-4-5-19(17-24)20-9-7-18-8-10-21(16-22(18)15-20)26(31)28-23-11-13-29(2)14-12-23/h3-10,15-17,23H,1,11-14H2,2H3,(H,27,30)(H,28,31). The van der Waals surface area contributed by atoms with Gasteiger partial charge in [-0.3, -0.25) is 9.59 Å². The zero-order chi connectivity index (χ0) is 21.8. The van der Waals surface area contributed by atoms with Gasteiger partial charge in [-0.05, 0) is 91.3 Å². The van der Waals surface area contributed by atoms with Crippen molar-refractivity contribution in [3.05, 3.63) is 78.9 Å². The Morgan fingerprint density at radius 2 is 1.71 bits per heavy atom. The van der Waals surface area contributed by atoms with Crippen molar-refractivity contribution in [1.82, 2.24) is 10.2 Å². The Morgan fingerprint density at radius 1 is 0.968 bits per heavy atom. The fourth-order valence-electron chi connectivity index (χ4n) is 3.96. The Balaban J connectivity index is 1.56. The molecule has 1 aliphatic rings. The summed E-state index contributed by atoms with van der Waals surface area (Å²) in [5.41, 5.74) is 3.41. The molecule has 1 fully saturated rings. The molecule has 3 aromatic carbocycles. The molecule has 0 atom stereocenters. The average molecular weight is 414 g/mol. The van der Waals surface area contributed by atoms with Crippen LogP contribution in [0.25, 0.3) is 21.9 Å². The van der Waals surface area contributed by atoms with Gasteiger partial charge in [0.2, 0.25) is 5.91 Å². The van der Waals surface area contributed by atoms with E-state index >= 15 is 0 Å². The fraction of sp³-hybridized carbons (Fsp3) is 0.231. The summed E-state index contributed by atoms with van der Waals surface area (Å²) in [6.07, 6.45) is 3.22. The average Bonchev–Trinajstić information content (AvgIpc) is 2.80. The maximum absolute atomic E-state index is 12.8. The van der Waals surface area contributed by atoms with E-state index in [9.17, 15) is 9.59 Å². The van der Waals surface area contributed by atoms with Crippen LogP contribution < -0.4 is 10.6 Å². The van der Waals surface area contributed by atoms with Crippen LogP contribution in [0.4, 0.5) is 5.69 Å². The van der Waals surface area contributed by atoms with Crippen LogP contribution in [0.5, 0.6) is 0 Å². The minimum atomic E-state index is -0.240. The van der Waals surface area contributed by atoms with E-state index in [2.05, 4.69) is 47.4 Å². The lowest BCUT2D eigenvalue weighted by atomic mass is 9.99. The summed E-state index contributed by atoms with van der Waals surface area (Å²) in [7, 11) is 2.11. The third-order valence-corrected chi connectivity index (χ3v) is 5.81. The topological polar surface area (TPSA) is 61.4 Å². The van der Waals surface area contributed by atoms with Crippen LogP contribution in [0, 0.1) is 0 Å². The molecule has 0 spiro atoms. The summed E-state index contributed by atoms with van der Waals surface area (Å²) in [5, 5.41) is 8.06. The van der Waals surface area contributed by atoms with Crippen LogP contribution in [-0.2, 0) is 4.79 Å². The van der Waals surface area contributed by atoms with E-state index in [4.69, 9.17) is 0 Å². The van der Waals surface area contributed by atoms with Gasteiger partial charge in [0.05, 0.1) is 0 Å². The number of likely N-dealkylation sites (tertiary alicyclic amines) is 1. The first kappa shape index (κ1) is 20.8. The molecule has 31 heavy (non-hydrogen) atoms. The number of benzene rings is 3. The zero-order valence-electron chi connectivity index (χ0n) is 17.7. The molecule has 3 aromatic rings. The van der Waals surface area contributed by atoms with E-state index in [1.54, 1.807) is 0 Å². The van der Waals surface area contributed by atoms with Crippen molar-refractivity contribution in [3.8, 4) is 11.1 Å². The van der Waals surface area contributed by atoms with Crippen LogP contribution in [0.15, 0.2) is 73.3 Å². The van der Waals surface area contributed by atoms with Crippen LogP contribution >= 0.6 is 0 Å². The Labute approximate surface area is 182 Å². The highest BCUT2D eigenvalue weighted by atomic mass is 16.2. The van der Waals surface area contributed by atoms with Gasteiger partial charge in [0.15, 0.2) is 0 Å². The third-order valence-electron chi connectivity index (χ3n) is 5.81.